The number of ether oxygens (including phenoxy) is 1. The number of nitrogens with one attached hydrogen (secondary N) is 3. The molecule has 1 heterocycles. The van der Waals surface area contributed by atoms with Crippen LogP contribution in [0.1, 0.15) is 45.6 Å². The van der Waals surface area contributed by atoms with Crippen molar-refractivity contribution in [3.8, 4) is 5.75 Å². The molecule has 5 nitrogen and oxygen atoms in total. The lowest BCUT2D eigenvalue weighted by atomic mass is 9.78. The highest BCUT2D eigenvalue weighted by Crippen LogP contribution is 2.29. The fourth-order valence-electron chi connectivity index (χ4n) is 4.85. The molecule has 0 aromatic heterocycles. The smallest absolute Gasteiger partial charge is 0.278 e. The fraction of sp³-hybridized carbons (Fsp3) is 0.696. The Morgan fingerprint density at radius 1 is 1.14 bits per heavy atom. The van der Waals surface area contributed by atoms with E-state index in [-0.39, 0.29) is 11.9 Å². The van der Waals surface area contributed by atoms with Gasteiger partial charge in [-0.1, -0.05) is 26.7 Å². The second-order valence-corrected chi connectivity index (χ2v) is 9.04. The van der Waals surface area contributed by atoms with Crippen molar-refractivity contribution in [3.05, 3.63) is 29.8 Å². The second-order valence-electron chi connectivity index (χ2n) is 9.04. The maximum atomic E-state index is 12.8. The third kappa shape index (κ3) is 5.26. The molecule has 3 N–H and O–H groups in total. The predicted molar refractivity (Wildman–Crippen MR) is 112 cm³/mol. The molecule has 1 amide bonds. The Morgan fingerprint density at radius 3 is 2.46 bits per heavy atom. The van der Waals surface area contributed by atoms with E-state index in [2.05, 4.69) is 38.2 Å². The number of rotatable bonds is 6. The van der Waals surface area contributed by atoms with Crippen molar-refractivity contribution in [3.63, 3.8) is 0 Å². The Balaban J connectivity index is 1.45. The number of piperazine rings is 1. The van der Waals surface area contributed by atoms with E-state index in [1.165, 1.54) is 23.3 Å². The van der Waals surface area contributed by atoms with Crippen LogP contribution in [0.15, 0.2) is 24.3 Å². The molecule has 0 unspecified atom stereocenters. The minimum atomic E-state index is 0.0481. The number of hydrogen-bond donors (Lipinski definition) is 3. The monoisotopic (exact) mass is 389 g/mol. The summed E-state index contributed by atoms with van der Waals surface area (Å²) in [5.41, 5.74) is 1.35. The van der Waals surface area contributed by atoms with E-state index in [9.17, 15) is 4.79 Å². The summed E-state index contributed by atoms with van der Waals surface area (Å²) in [4.78, 5) is 15.9. The molecule has 28 heavy (non-hydrogen) atoms. The molecule has 4 atom stereocenters. The molecule has 5 heteroatoms. The summed E-state index contributed by atoms with van der Waals surface area (Å²) in [6.07, 6.45) is 3.68. The van der Waals surface area contributed by atoms with Gasteiger partial charge in [0.2, 0.25) is 0 Å². The van der Waals surface area contributed by atoms with Crippen molar-refractivity contribution in [2.24, 2.45) is 11.8 Å². The van der Waals surface area contributed by atoms with Crippen LogP contribution < -0.4 is 19.9 Å². The van der Waals surface area contributed by atoms with Gasteiger partial charge >= 0.3 is 0 Å². The number of hydrogen-bond acceptors (Lipinski definition) is 2. The van der Waals surface area contributed by atoms with Crippen LogP contribution in [0.25, 0.3) is 0 Å². The first-order chi connectivity index (χ1) is 13.5. The SMILES string of the molecule is COc1ccc(C[NH+]2CC[NH+]([C@H](C)C(=O)N[C@@H]3CCC[C@H](C)[C@H]3C)CC2)cc1. The maximum Gasteiger partial charge on any atom is 0.278 e. The molecule has 2 fully saturated rings. The molecule has 1 aliphatic carbocycles. The molecule has 1 aromatic rings. The maximum absolute atomic E-state index is 12.8. The highest BCUT2D eigenvalue weighted by molar-refractivity contribution is 5.80. The molecule has 0 bridgehead atoms. The van der Waals surface area contributed by atoms with Gasteiger partial charge in [0.1, 0.15) is 38.5 Å². The molecular weight excluding hydrogens is 350 g/mol. The molecule has 1 saturated heterocycles. The summed E-state index contributed by atoms with van der Waals surface area (Å²) in [6, 6.07) is 8.80. The van der Waals surface area contributed by atoms with Crippen molar-refractivity contribution < 1.29 is 19.3 Å². The van der Waals surface area contributed by atoms with Crippen molar-refractivity contribution in [1.82, 2.24) is 5.32 Å². The number of benzene rings is 1. The third-order valence-corrected chi connectivity index (χ3v) is 7.25. The number of carbonyl (C=O) groups is 1. The highest BCUT2D eigenvalue weighted by Gasteiger charge is 2.34. The van der Waals surface area contributed by atoms with Gasteiger partial charge in [-0.15, -0.1) is 0 Å². The van der Waals surface area contributed by atoms with E-state index in [1.54, 1.807) is 12.0 Å². The Labute approximate surface area is 170 Å². The quantitative estimate of drug-likeness (QED) is 0.656. The molecule has 1 aromatic carbocycles. The zero-order valence-corrected chi connectivity index (χ0v) is 18.1. The van der Waals surface area contributed by atoms with Crippen LogP contribution >= 0.6 is 0 Å². The van der Waals surface area contributed by atoms with Gasteiger partial charge in [-0.2, -0.15) is 0 Å². The average molecular weight is 390 g/mol. The van der Waals surface area contributed by atoms with Crippen LogP contribution in [-0.2, 0) is 11.3 Å². The second kappa shape index (κ2) is 9.75. The molecule has 0 radical (unpaired) electrons. The van der Waals surface area contributed by atoms with E-state index >= 15 is 0 Å². The molecular formula is C23H39N3O2+2. The van der Waals surface area contributed by atoms with Gasteiger partial charge in [0.15, 0.2) is 6.04 Å². The van der Waals surface area contributed by atoms with E-state index in [0.29, 0.717) is 17.9 Å². The Bertz CT molecular complexity index is 625. The molecule has 2 aliphatic rings. The first-order valence-electron chi connectivity index (χ1n) is 11.1. The molecule has 1 aliphatic heterocycles. The summed E-state index contributed by atoms with van der Waals surface area (Å²) in [6.45, 7) is 12.2. The molecule has 1 saturated carbocycles. The van der Waals surface area contributed by atoms with Crippen LogP contribution in [0.4, 0.5) is 0 Å². The van der Waals surface area contributed by atoms with Gasteiger partial charge in [-0.25, -0.2) is 0 Å². The standard InChI is InChI=1S/C23H37N3O2/c1-17-6-5-7-22(18(17)2)24-23(27)19(3)26-14-12-25(13-15-26)16-20-8-10-21(28-4)11-9-20/h8-11,17-19,22H,5-7,12-16H2,1-4H3,(H,24,27)/p+2/t17-,18+,19+,22+/m0/s1. The highest BCUT2D eigenvalue weighted by atomic mass is 16.5. The zero-order valence-electron chi connectivity index (χ0n) is 18.1. The van der Waals surface area contributed by atoms with Gasteiger partial charge in [-0.3, -0.25) is 4.79 Å². The number of methoxy groups -OCH3 is 1. The normalized spacial score (nSPS) is 31.8. The zero-order chi connectivity index (χ0) is 20.1. The van der Waals surface area contributed by atoms with Crippen LogP contribution in [-0.4, -0.2) is 51.3 Å². The number of carbonyl (C=O) groups excluding carboxylic acids is 1. The Morgan fingerprint density at radius 2 is 1.82 bits per heavy atom. The number of amides is 1. The Kier molecular flexibility index (Phi) is 7.36. The summed E-state index contributed by atoms with van der Waals surface area (Å²) >= 11 is 0. The fourth-order valence-corrected chi connectivity index (χ4v) is 4.85. The van der Waals surface area contributed by atoms with E-state index < -0.39 is 0 Å². The summed E-state index contributed by atoms with van der Waals surface area (Å²) in [5.74, 6) is 2.46. The first-order valence-corrected chi connectivity index (χ1v) is 11.1. The topological polar surface area (TPSA) is 47.2 Å². The van der Waals surface area contributed by atoms with Crippen molar-refractivity contribution in [2.75, 3.05) is 33.3 Å². The third-order valence-electron chi connectivity index (χ3n) is 7.25. The molecule has 156 valence electrons. The Hall–Kier alpha value is -1.59. The van der Waals surface area contributed by atoms with Crippen LogP contribution in [0.5, 0.6) is 5.75 Å². The first kappa shape index (κ1) is 21.1. The van der Waals surface area contributed by atoms with Crippen LogP contribution in [0, 0.1) is 11.8 Å². The lowest BCUT2D eigenvalue weighted by Crippen LogP contribution is -3.29. The van der Waals surface area contributed by atoms with E-state index in [0.717, 1.165) is 44.9 Å². The largest absolute Gasteiger partial charge is 0.497 e. The van der Waals surface area contributed by atoms with Crippen molar-refractivity contribution in [1.29, 1.82) is 0 Å². The summed E-state index contributed by atoms with van der Waals surface area (Å²) in [5, 5.41) is 3.38. The number of quaternary nitrogens is 2. The van der Waals surface area contributed by atoms with Gasteiger partial charge in [0, 0.05) is 11.6 Å². The summed E-state index contributed by atoms with van der Waals surface area (Å²) in [7, 11) is 1.70. The van der Waals surface area contributed by atoms with Gasteiger partial charge in [0.05, 0.1) is 7.11 Å². The van der Waals surface area contributed by atoms with Crippen LogP contribution in [0.2, 0.25) is 0 Å². The molecule has 3 rings (SSSR count). The average Bonchev–Trinajstić information content (AvgIpc) is 2.72. The lowest BCUT2D eigenvalue weighted by molar-refractivity contribution is -1.02. The van der Waals surface area contributed by atoms with Crippen molar-refractivity contribution >= 4 is 5.91 Å². The minimum Gasteiger partial charge on any atom is -0.497 e. The van der Waals surface area contributed by atoms with Crippen molar-refractivity contribution in [2.45, 2.75) is 58.7 Å². The lowest BCUT2D eigenvalue weighted by Gasteiger charge is -2.37. The minimum absolute atomic E-state index is 0.0481. The predicted octanol–water partition coefficient (Wildman–Crippen LogP) is 0.308. The molecule has 0 spiro atoms. The summed E-state index contributed by atoms with van der Waals surface area (Å²) < 4.78 is 5.24. The van der Waals surface area contributed by atoms with E-state index in [4.69, 9.17) is 4.74 Å². The van der Waals surface area contributed by atoms with Gasteiger partial charge < -0.3 is 19.9 Å². The van der Waals surface area contributed by atoms with Crippen LogP contribution in [0.3, 0.4) is 0 Å². The van der Waals surface area contributed by atoms with E-state index in [1.807, 2.05) is 12.1 Å². The van der Waals surface area contributed by atoms with Gasteiger partial charge in [-0.05, 0) is 49.4 Å². The van der Waals surface area contributed by atoms with Gasteiger partial charge in [0.25, 0.3) is 5.91 Å².